The Hall–Kier alpha value is -2.53. The van der Waals surface area contributed by atoms with Gasteiger partial charge in [-0.25, -0.2) is 0 Å². The van der Waals surface area contributed by atoms with Gasteiger partial charge in [0.1, 0.15) is 5.75 Å². The molecule has 3 rings (SSSR count). The van der Waals surface area contributed by atoms with E-state index in [4.69, 9.17) is 16.3 Å². The molecule has 0 spiro atoms. The Morgan fingerprint density at radius 1 is 1.29 bits per heavy atom. The molecule has 0 bridgehead atoms. The number of hydrogen-bond acceptors (Lipinski definition) is 3. The summed E-state index contributed by atoms with van der Waals surface area (Å²) >= 11 is 5.96. The smallest absolute Gasteiger partial charge is 0.266 e. The number of fused-ring (bicyclic) bond motifs is 1. The minimum atomic E-state index is -0.841. The largest absolute Gasteiger partial charge is 0.478 e. The first-order valence-corrected chi connectivity index (χ1v) is 8.02. The minimum absolute atomic E-state index is 0.0505. The molecule has 1 aliphatic rings. The predicted molar refractivity (Wildman–Crippen MR) is 92.1 cm³/mol. The van der Waals surface area contributed by atoms with E-state index in [1.165, 1.54) is 0 Å². The molecule has 2 aromatic rings. The van der Waals surface area contributed by atoms with Crippen molar-refractivity contribution in [3.05, 3.63) is 59.1 Å². The molecule has 2 aromatic carbocycles. The van der Waals surface area contributed by atoms with Crippen molar-refractivity contribution in [3.8, 4) is 5.75 Å². The van der Waals surface area contributed by atoms with Crippen LogP contribution < -0.4 is 15.4 Å². The van der Waals surface area contributed by atoms with Crippen LogP contribution in [0.2, 0.25) is 5.02 Å². The van der Waals surface area contributed by atoms with Crippen molar-refractivity contribution in [3.63, 3.8) is 0 Å². The minimum Gasteiger partial charge on any atom is -0.478 e. The fraction of sp³-hybridized carbons (Fsp3) is 0.222. The molecular formula is C18H17ClN2O3. The highest BCUT2D eigenvalue weighted by Gasteiger charge is 2.29. The molecule has 2 atom stereocenters. The van der Waals surface area contributed by atoms with E-state index in [9.17, 15) is 9.59 Å². The van der Waals surface area contributed by atoms with E-state index >= 15 is 0 Å². The van der Waals surface area contributed by atoms with Gasteiger partial charge in [0.15, 0.2) is 6.10 Å². The third kappa shape index (κ3) is 3.68. The standard InChI is InChI=1S/C18H17ClN2O3/c1-11(12-5-4-6-13(19)9-12)20-17(22)10-16-18(23)21-14-7-2-3-8-15(14)24-16/h2-9,11,16H,10H2,1H3,(H,20,22)(H,21,23)/t11-,16-/m1/s1. The van der Waals surface area contributed by atoms with Gasteiger partial charge in [0.2, 0.25) is 5.91 Å². The van der Waals surface area contributed by atoms with Crippen LogP contribution in [0.1, 0.15) is 24.9 Å². The molecule has 2 amide bonds. The van der Waals surface area contributed by atoms with Crippen LogP contribution in [-0.4, -0.2) is 17.9 Å². The van der Waals surface area contributed by atoms with Crippen molar-refractivity contribution >= 4 is 29.1 Å². The molecule has 0 unspecified atom stereocenters. The number of carbonyl (C=O) groups is 2. The number of ether oxygens (including phenoxy) is 1. The highest BCUT2D eigenvalue weighted by Crippen LogP contribution is 2.29. The predicted octanol–water partition coefficient (Wildman–Crippen LogP) is 3.31. The molecule has 24 heavy (non-hydrogen) atoms. The lowest BCUT2D eigenvalue weighted by molar-refractivity contribution is -0.130. The summed E-state index contributed by atoms with van der Waals surface area (Å²) in [5.41, 5.74) is 1.52. The van der Waals surface area contributed by atoms with Crippen LogP contribution in [0.3, 0.4) is 0 Å². The molecule has 1 heterocycles. The zero-order chi connectivity index (χ0) is 17.1. The zero-order valence-corrected chi connectivity index (χ0v) is 13.8. The Balaban J connectivity index is 1.62. The van der Waals surface area contributed by atoms with Crippen molar-refractivity contribution in [1.29, 1.82) is 0 Å². The molecular weight excluding hydrogens is 328 g/mol. The van der Waals surface area contributed by atoms with Crippen LogP contribution in [-0.2, 0) is 9.59 Å². The Labute approximate surface area is 145 Å². The maximum atomic E-state index is 12.2. The van der Waals surface area contributed by atoms with E-state index in [2.05, 4.69) is 10.6 Å². The monoisotopic (exact) mass is 344 g/mol. The van der Waals surface area contributed by atoms with Crippen LogP contribution in [0, 0.1) is 0 Å². The number of halogens is 1. The molecule has 0 saturated carbocycles. The second kappa shape index (κ2) is 6.93. The summed E-state index contributed by atoms with van der Waals surface area (Å²) in [7, 11) is 0. The van der Waals surface area contributed by atoms with Crippen LogP contribution in [0.5, 0.6) is 5.75 Å². The van der Waals surface area contributed by atoms with Gasteiger partial charge in [-0.1, -0.05) is 35.9 Å². The first-order chi connectivity index (χ1) is 11.5. The molecule has 0 aromatic heterocycles. The highest BCUT2D eigenvalue weighted by molar-refractivity contribution is 6.30. The summed E-state index contributed by atoms with van der Waals surface area (Å²) in [6, 6.07) is 14.2. The van der Waals surface area contributed by atoms with E-state index in [1.807, 2.05) is 31.2 Å². The van der Waals surface area contributed by atoms with Gasteiger partial charge in [0.25, 0.3) is 5.91 Å². The summed E-state index contributed by atoms with van der Waals surface area (Å²) < 4.78 is 5.63. The van der Waals surface area contributed by atoms with E-state index < -0.39 is 6.10 Å². The number of rotatable bonds is 4. The summed E-state index contributed by atoms with van der Waals surface area (Å²) in [6.45, 7) is 1.86. The van der Waals surface area contributed by atoms with Gasteiger partial charge in [-0.2, -0.15) is 0 Å². The van der Waals surface area contributed by atoms with Crippen molar-refractivity contribution in [2.45, 2.75) is 25.5 Å². The lowest BCUT2D eigenvalue weighted by Gasteiger charge is -2.26. The summed E-state index contributed by atoms with van der Waals surface area (Å²) in [5.74, 6) is -0.0148. The molecule has 1 aliphatic heterocycles. The number of para-hydroxylation sites is 2. The first kappa shape index (κ1) is 16.3. The molecule has 5 nitrogen and oxygen atoms in total. The van der Waals surface area contributed by atoms with Gasteiger partial charge in [-0.05, 0) is 36.8 Å². The highest BCUT2D eigenvalue weighted by atomic mass is 35.5. The van der Waals surface area contributed by atoms with Crippen molar-refractivity contribution in [2.24, 2.45) is 0 Å². The Bertz CT molecular complexity index is 778. The first-order valence-electron chi connectivity index (χ1n) is 7.64. The van der Waals surface area contributed by atoms with E-state index in [1.54, 1.807) is 24.3 Å². The van der Waals surface area contributed by atoms with Crippen molar-refractivity contribution < 1.29 is 14.3 Å². The van der Waals surface area contributed by atoms with Gasteiger partial charge >= 0.3 is 0 Å². The molecule has 0 saturated heterocycles. The average molecular weight is 345 g/mol. The average Bonchev–Trinajstić information content (AvgIpc) is 2.55. The van der Waals surface area contributed by atoms with Gasteiger partial charge in [0.05, 0.1) is 18.2 Å². The fourth-order valence-electron chi connectivity index (χ4n) is 2.56. The van der Waals surface area contributed by atoms with Crippen molar-refractivity contribution in [2.75, 3.05) is 5.32 Å². The Morgan fingerprint density at radius 3 is 2.88 bits per heavy atom. The number of carbonyl (C=O) groups excluding carboxylic acids is 2. The van der Waals surface area contributed by atoms with E-state index in [-0.39, 0.29) is 24.3 Å². The summed E-state index contributed by atoms with van der Waals surface area (Å²) in [4.78, 5) is 24.3. The van der Waals surface area contributed by atoms with E-state index in [0.29, 0.717) is 16.5 Å². The van der Waals surface area contributed by atoms with Gasteiger partial charge < -0.3 is 15.4 Å². The maximum Gasteiger partial charge on any atom is 0.266 e. The van der Waals surface area contributed by atoms with Crippen molar-refractivity contribution in [1.82, 2.24) is 5.32 Å². The molecule has 6 heteroatoms. The maximum absolute atomic E-state index is 12.2. The third-order valence-corrected chi connectivity index (χ3v) is 4.04. The Kier molecular flexibility index (Phi) is 4.71. The topological polar surface area (TPSA) is 67.4 Å². The third-order valence-electron chi connectivity index (χ3n) is 3.80. The quantitative estimate of drug-likeness (QED) is 0.894. The lowest BCUT2D eigenvalue weighted by atomic mass is 10.1. The lowest BCUT2D eigenvalue weighted by Crippen LogP contribution is -2.41. The fourth-order valence-corrected chi connectivity index (χ4v) is 2.75. The van der Waals surface area contributed by atoms with E-state index in [0.717, 1.165) is 5.56 Å². The number of benzene rings is 2. The van der Waals surface area contributed by atoms with Gasteiger partial charge in [-0.3, -0.25) is 9.59 Å². The summed E-state index contributed by atoms with van der Waals surface area (Å²) in [5, 5.41) is 6.22. The number of amides is 2. The Morgan fingerprint density at radius 2 is 2.08 bits per heavy atom. The zero-order valence-electron chi connectivity index (χ0n) is 13.1. The molecule has 124 valence electrons. The van der Waals surface area contributed by atoms with Gasteiger partial charge in [0, 0.05) is 5.02 Å². The van der Waals surface area contributed by atoms with Crippen LogP contribution in [0.25, 0.3) is 0 Å². The number of hydrogen-bond donors (Lipinski definition) is 2. The molecule has 0 radical (unpaired) electrons. The molecule has 0 fully saturated rings. The summed E-state index contributed by atoms with van der Waals surface area (Å²) in [6.07, 6.45) is -0.892. The number of anilines is 1. The number of nitrogens with one attached hydrogen (secondary N) is 2. The molecule has 2 N–H and O–H groups in total. The second-order valence-electron chi connectivity index (χ2n) is 5.64. The van der Waals surface area contributed by atoms with Crippen LogP contribution in [0.15, 0.2) is 48.5 Å². The van der Waals surface area contributed by atoms with Crippen LogP contribution >= 0.6 is 11.6 Å². The molecule has 0 aliphatic carbocycles. The van der Waals surface area contributed by atoms with Crippen LogP contribution in [0.4, 0.5) is 5.69 Å². The SMILES string of the molecule is C[C@@H](NC(=O)C[C@H]1Oc2ccccc2NC1=O)c1cccc(Cl)c1. The van der Waals surface area contributed by atoms with Gasteiger partial charge in [-0.15, -0.1) is 0 Å². The normalized spacial score (nSPS) is 17.2. The second-order valence-corrected chi connectivity index (χ2v) is 6.08.